The fraction of sp³-hybridized carbons (Fsp3) is 0.133. The minimum absolute atomic E-state index is 0.286. The highest BCUT2D eigenvalue weighted by atomic mass is 19.2. The number of halogens is 3. The zero-order chi connectivity index (χ0) is 15.4. The van der Waals surface area contributed by atoms with Crippen LogP contribution in [0.15, 0.2) is 36.4 Å². The van der Waals surface area contributed by atoms with Crippen LogP contribution < -0.4 is 10.6 Å². The summed E-state index contributed by atoms with van der Waals surface area (Å²) in [6.45, 7) is 0.683. The first kappa shape index (κ1) is 15.1. The smallest absolute Gasteiger partial charge is 0.255 e. The molecule has 2 rings (SSSR count). The number of carbonyl (C=O) groups excluding carboxylic acids is 1. The quantitative estimate of drug-likeness (QED) is 0.851. The van der Waals surface area contributed by atoms with Crippen molar-refractivity contribution < 1.29 is 18.0 Å². The lowest BCUT2D eigenvalue weighted by atomic mass is 10.1. The minimum atomic E-state index is -1.59. The molecule has 0 unspecified atom stereocenters. The van der Waals surface area contributed by atoms with Crippen molar-refractivity contribution in [2.24, 2.45) is 0 Å². The number of carbonyl (C=O) groups is 1. The summed E-state index contributed by atoms with van der Waals surface area (Å²) in [5.74, 6) is -5.11. The molecule has 0 fully saturated rings. The van der Waals surface area contributed by atoms with E-state index in [4.69, 9.17) is 0 Å². The molecular formula is C15H13F3N2O. The van der Waals surface area contributed by atoms with Gasteiger partial charge in [0.15, 0.2) is 17.5 Å². The molecule has 3 nitrogen and oxygen atoms in total. The maximum Gasteiger partial charge on any atom is 0.255 e. The van der Waals surface area contributed by atoms with Gasteiger partial charge < -0.3 is 10.6 Å². The Labute approximate surface area is 119 Å². The van der Waals surface area contributed by atoms with Crippen molar-refractivity contribution in [3.63, 3.8) is 0 Å². The highest BCUT2D eigenvalue weighted by Crippen LogP contribution is 2.16. The second-order valence-electron chi connectivity index (χ2n) is 4.44. The Bertz CT molecular complexity index is 633. The molecule has 1 amide bonds. The molecule has 0 heterocycles. The lowest BCUT2D eigenvalue weighted by Crippen LogP contribution is -2.13. The van der Waals surface area contributed by atoms with Crippen LogP contribution in [0.2, 0.25) is 0 Å². The van der Waals surface area contributed by atoms with Crippen LogP contribution in [0.5, 0.6) is 0 Å². The first-order chi connectivity index (χ1) is 10.0. The maximum atomic E-state index is 13.1. The molecule has 0 radical (unpaired) electrons. The van der Waals surface area contributed by atoms with Crippen molar-refractivity contribution in [2.45, 2.75) is 6.54 Å². The van der Waals surface area contributed by atoms with Crippen molar-refractivity contribution in [3.05, 3.63) is 65.0 Å². The topological polar surface area (TPSA) is 41.1 Å². The first-order valence-corrected chi connectivity index (χ1v) is 6.20. The highest BCUT2D eigenvalue weighted by molar-refractivity contribution is 6.04. The summed E-state index contributed by atoms with van der Waals surface area (Å²) in [6, 6.07) is 8.25. The molecule has 21 heavy (non-hydrogen) atoms. The van der Waals surface area contributed by atoms with E-state index >= 15 is 0 Å². The Morgan fingerprint density at radius 2 is 1.62 bits per heavy atom. The van der Waals surface area contributed by atoms with E-state index < -0.39 is 23.4 Å². The second-order valence-corrected chi connectivity index (χ2v) is 4.44. The molecule has 0 aliphatic rings. The number of amides is 1. The van der Waals surface area contributed by atoms with Crippen LogP contribution >= 0.6 is 0 Å². The zero-order valence-electron chi connectivity index (χ0n) is 11.2. The third kappa shape index (κ3) is 3.61. The predicted octanol–water partition coefficient (Wildman–Crippen LogP) is 3.08. The van der Waals surface area contributed by atoms with Crippen molar-refractivity contribution in [1.29, 1.82) is 0 Å². The summed E-state index contributed by atoms with van der Waals surface area (Å²) >= 11 is 0. The Morgan fingerprint density at radius 1 is 1.05 bits per heavy atom. The van der Waals surface area contributed by atoms with Crippen LogP contribution in [0.4, 0.5) is 18.9 Å². The standard InChI is InChI=1S/C15H13F3N2O/c1-19-8-9-2-4-11(5-3-9)20-15(21)10-6-12(16)14(18)13(17)7-10/h2-7,19H,8H2,1H3,(H,20,21). The van der Waals surface area contributed by atoms with E-state index in [0.29, 0.717) is 24.4 Å². The van der Waals surface area contributed by atoms with Crippen LogP contribution in [0.1, 0.15) is 15.9 Å². The van der Waals surface area contributed by atoms with Crippen LogP contribution in [-0.2, 0) is 6.54 Å². The molecule has 0 saturated carbocycles. The molecule has 0 spiro atoms. The Hall–Kier alpha value is -2.34. The van der Waals surface area contributed by atoms with Gasteiger partial charge in [-0.05, 0) is 36.9 Å². The van der Waals surface area contributed by atoms with Gasteiger partial charge in [0.2, 0.25) is 0 Å². The van der Waals surface area contributed by atoms with Crippen molar-refractivity contribution >= 4 is 11.6 Å². The van der Waals surface area contributed by atoms with Gasteiger partial charge in [0.05, 0.1) is 0 Å². The summed E-state index contributed by atoms with van der Waals surface area (Å²) in [5, 5.41) is 5.47. The second kappa shape index (κ2) is 6.41. The zero-order valence-corrected chi connectivity index (χ0v) is 11.2. The van der Waals surface area contributed by atoms with Gasteiger partial charge in [-0.3, -0.25) is 4.79 Å². The Morgan fingerprint density at radius 3 is 2.14 bits per heavy atom. The molecular weight excluding hydrogens is 281 g/mol. The summed E-state index contributed by atoms with van der Waals surface area (Å²) < 4.78 is 39.0. The van der Waals surface area contributed by atoms with Gasteiger partial charge in [0.25, 0.3) is 5.91 Å². The molecule has 0 aliphatic heterocycles. The van der Waals surface area contributed by atoms with Gasteiger partial charge in [-0.1, -0.05) is 12.1 Å². The molecule has 2 aromatic rings. The van der Waals surface area contributed by atoms with E-state index in [1.807, 2.05) is 7.05 Å². The molecule has 0 aliphatic carbocycles. The molecule has 6 heteroatoms. The van der Waals surface area contributed by atoms with E-state index in [1.165, 1.54) is 0 Å². The molecule has 0 aromatic heterocycles. The predicted molar refractivity (Wildman–Crippen MR) is 73.5 cm³/mol. The number of nitrogens with one attached hydrogen (secondary N) is 2. The van der Waals surface area contributed by atoms with Gasteiger partial charge in [-0.25, -0.2) is 13.2 Å². The Kier molecular flexibility index (Phi) is 4.59. The van der Waals surface area contributed by atoms with E-state index in [-0.39, 0.29) is 5.56 Å². The van der Waals surface area contributed by atoms with Gasteiger partial charge >= 0.3 is 0 Å². The highest BCUT2D eigenvalue weighted by Gasteiger charge is 2.15. The minimum Gasteiger partial charge on any atom is -0.322 e. The first-order valence-electron chi connectivity index (χ1n) is 6.20. The number of hydrogen-bond donors (Lipinski definition) is 2. The van der Waals surface area contributed by atoms with E-state index in [0.717, 1.165) is 5.56 Å². The SMILES string of the molecule is CNCc1ccc(NC(=O)c2cc(F)c(F)c(F)c2)cc1. The molecule has 0 saturated heterocycles. The molecule has 110 valence electrons. The van der Waals surface area contributed by atoms with Crippen molar-refractivity contribution in [2.75, 3.05) is 12.4 Å². The van der Waals surface area contributed by atoms with Gasteiger partial charge in [0, 0.05) is 17.8 Å². The third-order valence-corrected chi connectivity index (χ3v) is 2.84. The largest absolute Gasteiger partial charge is 0.322 e. The van der Waals surface area contributed by atoms with Crippen LogP contribution in [-0.4, -0.2) is 13.0 Å². The number of hydrogen-bond acceptors (Lipinski definition) is 2. The van der Waals surface area contributed by atoms with Crippen molar-refractivity contribution in [3.8, 4) is 0 Å². The lowest BCUT2D eigenvalue weighted by molar-refractivity contribution is 0.102. The molecule has 2 N–H and O–H groups in total. The van der Waals surface area contributed by atoms with Gasteiger partial charge in [-0.15, -0.1) is 0 Å². The summed E-state index contributed by atoms with van der Waals surface area (Å²) in [5.41, 5.74) is 1.21. The van der Waals surface area contributed by atoms with Gasteiger partial charge in [-0.2, -0.15) is 0 Å². The molecule has 0 atom stereocenters. The summed E-state index contributed by atoms with van der Waals surface area (Å²) in [6.07, 6.45) is 0. The number of benzene rings is 2. The van der Waals surface area contributed by atoms with Crippen LogP contribution in [0.25, 0.3) is 0 Å². The fourth-order valence-corrected chi connectivity index (χ4v) is 1.80. The monoisotopic (exact) mass is 294 g/mol. The maximum absolute atomic E-state index is 13.1. The van der Waals surface area contributed by atoms with Crippen LogP contribution in [0.3, 0.4) is 0 Å². The van der Waals surface area contributed by atoms with E-state index in [9.17, 15) is 18.0 Å². The number of anilines is 1. The number of rotatable bonds is 4. The molecule has 2 aromatic carbocycles. The average molecular weight is 294 g/mol. The average Bonchev–Trinajstić information content (AvgIpc) is 2.46. The fourth-order valence-electron chi connectivity index (χ4n) is 1.80. The lowest BCUT2D eigenvalue weighted by Gasteiger charge is -2.07. The normalized spacial score (nSPS) is 10.5. The van der Waals surface area contributed by atoms with Crippen molar-refractivity contribution in [1.82, 2.24) is 5.32 Å². The van der Waals surface area contributed by atoms with Gasteiger partial charge in [0.1, 0.15) is 0 Å². The van der Waals surface area contributed by atoms with E-state index in [2.05, 4.69) is 10.6 Å². The van der Waals surface area contributed by atoms with Crippen LogP contribution in [0, 0.1) is 17.5 Å². The molecule has 0 bridgehead atoms. The summed E-state index contributed by atoms with van der Waals surface area (Å²) in [7, 11) is 1.81. The Balaban J connectivity index is 2.14. The summed E-state index contributed by atoms with van der Waals surface area (Å²) in [4.78, 5) is 11.9. The third-order valence-electron chi connectivity index (χ3n) is 2.84. The van der Waals surface area contributed by atoms with E-state index in [1.54, 1.807) is 24.3 Å².